The maximum atomic E-state index is 5.87. The molecule has 1 aromatic rings. The van der Waals surface area contributed by atoms with E-state index in [0.717, 1.165) is 18.8 Å². The second kappa shape index (κ2) is 4.79. The molecule has 3 heteroatoms. The normalized spacial score (nSPS) is 17.5. The highest BCUT2D eigenvalue weighted by molar-refractivity contribution is 7.99. The van der Waals surface area contributed by atoms with Crippen LogP contribution in [-0.4, -0.2) is 24.6 Å². The largest absolute Gasteiger partial charge is 0.399 e. The van der Waals surface area contributed by atoms with Crippen molar-refractivity contribution in [2.75, 3.05) is 35.2 Å². The Kier molecular flexibility index (Phi) is 3.41. The molecule has 82 valence electrons. The van der Waals surface area contributed by atoms with E-state index in [1.54, 1.807) is 0 Å². The maximum Gasteiger partial charge on any atom is 0.0389 e. The number of nitrogens with two attached hydrogens (primary N) is 1. The third-order valence-electron chi connectivity index (χ3n) is 2.67. The van der Waals surface area contributed by atoms with Gasteiger partial charge in [-0.15, -0.1) is 0 Å². The van der Waals surface area contributed by atoms with Crippen LogP contribution >= 0.6 is 11.8 Å². The SMILES string of the molecule is Cc1cc(N)cc(N2CCCSCC2)c1. The van der Waals surface area contributed by atoms with Crippen molar-refractivity contribution >= 4 is 23.1 Å². The molecular weight excluding hydrogens is 204 g/mol. The van der Waals surface area contributed by atoms with Gasteiger partial charge in [-0.3, -0.25) is 0 Å². The van der Waals surface area contributed by atoms with Crippen LogP contribution in [0.2, 0.25) is 0 Å². The van der Waals surface area contributed by atoms with Crippen LogP contribution < -0.4 is 10.6 Å². The van der Waals surface area contributed by atoms with Gasteiger partial charge in [-0.25, -0.2) is 0 Å². The number of nitrogens with zero attached hydrogens (tertiary/aromatic N) is 1. The zero-order valence-corrected chi connectivity index (χ0v) is 10.0. The Morgan fingerprint density at radius 2 is 2.07 bits per heavy atom. The monoisotopic (exact) mass is 222 g/mol. The highest BCUT2D eigenvalue weighted by Crippen LogP contribution is 2.23. The van der Waals surface area contributed by atoms with E-state index in [1.807, 2.05) is 17.8 Å². The summed E-state index contributed by atoms with van der Waals surface area (Å²) in [5.41, 5.74) is 9.29. The first kappa shape index (κ1) is 10.7. The first-order valence-electron chi connectivity index (χ1n) is 5.45. The lowest BCUT2D eigenvalue weighted by Crippen LogP contribution is -2.25. The third-order valence-corrected chi connectivity index (χ3v) is 3.72. The van der Waals surface area contributed by atoms with E-state index in [1.165, 1.54) is 29.2 Å². The number of aryl methyl sites for hydroxylation is 1. The van der Waals surface area contributed by atoms with Gasteiger partial charge in [0.15, 0.2) is 0 Å². The Labute approximate surface area is 95.8 Å². The minimum atomic E-state index is 0.877. The van der Waals surface area contributed by atoms with Crippen LogP contribution in [0.3, 0.4) is 0 Å². The summed E-state index contributed by atoms with van der Waals surface area (Å²) in [5.74, 6) is 2.52. The summed E-state index contributed by atoms with van der Waals surface area (Å²) in [7, 11) is 0. The summed E-state index contributed by atoms with van der Waals surface area (Å²) in [4.78, 5) is 2.45. The smallest absolute Gasteiger partial charge is 0.0389 e. The molecule has 1 aliphatic heterocycles. The van der Waals surface area contributed by atoms with Gasteiger partial charge < -0.3 is 10.6 Å². The van der Waals surface area contributed by atoms with Gasteiger partial charge in [0.05, 0.1) is 0 Å². The Morgan fingerprint density at radius 3 is 2.87 bits per heavy atom. The topological polar surface area (TPSA) is 29.3 Å². The summed E-state index contributed by atoms with van der Waals surface area (Å²) in [6.07, 6.45) is 1.28. The van der Waals surface area contributed by atoms with E-state index in [4.69, 9.17) is 5.73 Å². The van der Waals surface area contributed by atoms with E-state index < -0.39 is 0 Å². The molecule has 0 radical (unpaired) electrons. The summed E-state index contributed by atoms with van der Waals surface area (Å²) in [5, 5.41) is 0. The van der Waals surface area contributed by atoms with Crippen LogP contribution in [0.1, 0.15) is 12.0 Å². The Balaban J connectivity index is 2.19. The van der Waals surface area contributed by atoms with Gasteiger partial charge in [0.1, 0.15) is 0 Å². The Hall–Kier alpha value is -0.830. The van der Waals surface area contributed by atoms with Crippen molar-refractivity contribution < 1.29 is 0 Å². The minimum absolute atomic E-state index is 0.877. The third kappa shape index (κ3) is 2.81. The summed E-state index contributed by atoms with van der Waals surface area (Å²) < 4.78 is 0. The molecule has 1 heterocycles. The highest BCUT2D eigenvalue weighted by Gasteiger charge is 2.10. The van der Waals surface area contributed by atoms with E-state index in [-0.39, 0.29) is 0 Å². The molecule has 0 aromatic heterocycles. The lowest BCUT2D eigenvalue weighted by molar-refractivity contribution is 0.816. The van der Waals surface area contributed by atoms with Gasteiger partial charge >= 0.3 is 0 Å². The molecule has 0 amide bonds. The average Bonchev–Trinajstić information content (AvgIpc) is 2.43. The molecule has 1 saturated heterocycles. The molecule has 0 unspecified atom stereocenters. The fourth-order valence-electron chi connectivity index (χ4n) is 1.98. The first-order valence-corrected chi connectivity index (χ1v) is 6.61. The van der Waals surface area contributed by atoms with E-state index in [9.17, 15) is 0 Å². The average molecular weight is 222 g/mol. The van der Waals surface area contributed by atoms with Crippen LogP contribution in [-0.2, 0) is 0 Å². The molecule has 2 N–H and O–H groups in total. The molecule has 0 atom stereocenters. The number of anilines is 2. The summed E-state index contributed by atoms with van der Waals surface area (Å²) in [6.45, 7) is 4.41. The zero-order valence-electron chi connectivity index (χ0n) is 9.20. The summed E-state index contributed by atoms with van der Waals surface area (Å²) >= 11 is 2.05. The molecule has 2 nitrogen and oxygen atoms in total. The zero-order chi connectivity index (χ0) is 10.7. The van der Waals surface area contributed by atoms with Crippen molar-refractivity contribution in [3.05, 3.63) is 23.8 Å². The molecule has 0 spiro atoms. The second-order valence-corrected chi connectivity index (χ2v) is 5.28. The van der Waals surface area contributed by atoms with Crippen molar-refractivity contribution in [2.24, 2.45) is 0 Å². The van der Waals surface area contributed by atoms with Crippen molar-refractivity contribution in [3.8, 4) is 0 Å². The molecule has 0 bridgehead atoms. The van der Waals surface area contributed by atoms with E-state index >= 15 is 0 Å². The predicted octanol–water partition coefficient (Wildman–Crippen LogP) is 2.52. The van der Waals surface area contributed by atoms with Crippen molar-refractivity contribution in [2.45, 2.75) is 13.3 Å². The maximum absolute atomic E-state index is 5.87. The van der Waals surface area contributed by atoms with Crippen molar-refractivity contribution in [1.29, 1.82) is 0 Å². The van der Waals surface area contributed by atoms with Crippen LogP contribution in [0.5, 0.6) is 0 Å². The van der Waals surface area contributed by atoms with Gasteiger partial charge in [-0.2, -0.15) is 11.8 Å². The van der Waals surface area contributed by atoms with Crippen LogP contribution in [0, 0.1) is 6.92 Å². The fourth-order valence-corrected chi connectivity index (χ4v) is 2.87. The van der Waals surface area contributed by atoms with Crippen LogP contribution in [0.15, 0.2) is 18.2 Å². The Morgan fingerprint density at radius 1 is 1.20 bits per heavy atom. The van der Waals surface area contributed by atoms with Crippen LogP contribution in [0.25, 0.3) is 0 Å². The molecule has 2 rings (SSSR count). The molecule has 0 saturated carbocycles. The second-order valence-electron chi connectivity index (χ2n) is 4.05. The first-order chi connectivity index (χ1) is 7.25. The number of rotatable bonds is 1. The molecule has 0 aliphatic carbocycles. The molecular formula is C12H18N2S. The van der Waals surface area contributed by atoms with Crippen molar-refractivity contribution in [3.63, 3.8) is 0 Å². The predicted molar refractivity (Wildman–Crippen MR) is 69.7 cm³/mol. The Bertz CT molecular complexity index is 310. The van der Waals surface area contributed by atoms with Gasteiger partial charge in [-0.1, -0.05) is 0 Å². The van der Waals surface area contributed by atoms with Gasteiger partial charge in [-0.05, 0) is 42.9 Å². The fraction of sp³-hybridized carbons (Fsp3) is 0.500. The minimum Gasteiger partial charge on any atom is -0.399 e. The standard InChI is InChI=1S/C12H18N2S/c1-10-7-11(13)9-12(8-10)14-3-2-5-15-6-4-14/h7-9H,2-6,13H2,1H3. The van der Waals surface area contributed by atoms with Crippen LogP contribution in [0.4, 0.5) is 11.4 Å². The molecule has 15 heavy (non-hydrogen) atoms. The quantitative estimate of drug-likeness (QED) is 0.740. The summed E-state index contributed by atoms with van der Waals surface area (Å²) in [6, 6.07) is 6.34. The highest BCUT2D eigenvalue weighted by atomic mass is 32.2. The number of hydrogen-bond acceptors (Lipinski definition) is 3. The van der Waals surface area contributed by atoms with Crippen molar-refractivity contribution in [1.82, 2.24) is 0 Å². The lowest BCUT2D eigenvalue weighted by atomic mass is 10.2. The molecule has 1 aliphatic rings. The molecule has 1 fully saturated rings. The van der Waals surface area contributed by atoms with Gasteiger partial charge in [0, 0.05) is 30.2 Å². The molecule has 1 aromatic carbocycles. The number of benzene rings is 1. The van der Waals surface area contributed by atoms with E-state index in [0.29, 0.717) is 0 Å². The number of nitrogen functional groups attached to an aromatic ring is 1. The number of thioether (sulfide) groups is 1. The van der Waals surface area contributed by atoms with Gasteiger partial charge in [0.2, 0.25) is 0 Å². The van der Waals surface area contributed by atoms with E-state index in [2.05, 4.69) is 24.0 Å². The van der Waals surface area contributed by atoms with Gasteiger partial charge in [0.25, 0.3) is 0 Å². The lowest BCUT2D eigenvalue weighted by Gasteiger charge is -2.23. The number of hydrogen-bond donors (Lipinski definition) is 1.